The smallest absolute Gasteiger partial charge is 0.122 e. The van der Waals surface area contributed by atoms with Crippen LogP contribution in [0.4, 0.5) is 5.69 Å². The molecule has 0 aliphatic carbocycles. The Balaban J connectivity index is 2.07. The quantitative estimate of drug-likeness (QED) is 0.896. The van der Waals surface area contributed by atoms with Gasteiger partial charge >= 0.3 is 0 Å². The summed E-state index contributed by atoms with van der Waals surface area (Å²) in [6.45, 7) is 10.2. The van der Waals surface area contributed by atoms with Crippen LogP contribution in [0.15, 0.2) is 41.0 Å². The molecular weight excluding hydrogens is 260 g/mol. The van der Waals surface area contributed by atoms with Gasteiger partial charge in [0.25, 0.3) is 0 Å². The van der Waals surface area contributed by atoms with Gasteiger partial charge in [-0.05, 0) is 45.4 Å². The summed E-state index contributed by atoms with van der Waals surface area (Å²) in [7, 11) is 2.12. The summed E-state index contributed by atoms with van der Waals surface area (Å²) in [6.07, 6.45) is 1.78. The summed E-state index contributed by atoms with van der Waals surface area (Å²) in [6, 6.07) is 10.5. The summed E-state index contributed by atoms with van der Waals surface area (Å²) >= 11 is 0. The number of nitrogens with one attached hydrogen (secondary N) is 1. The predicted molar refractivity (Wildman–Crippen MR) is 88.6 cm³/mol. The first-order chi connectivity index (χ1) is 9.87. The van der Waals surface area contributed by atoms with Crippen molar-refractivity contribution in [1.29, 1.82) is 0 Å². The van der Waals surface area contributed by atoms with Gasteiger partial charge in [-0.25, -0.2) is 0 Å². The standard InChI is InChI=1S/C18H26N2O/c1-14-8-6-7-9-16(14)20(5)13-15-10-11-21-17(15)12-19-18(2,3)4/h6-11,19H,12-13H2,1-5H3. The van der Waals surface area contributed by atoms with E-state index in [-0.39, 0.29) is 5.54 Å². The zero-order chi connectivity index (χ0) is 15.5. The summed E-state index contributed by atoms with van der Waals surface area (Å²) in [4.78, 5) is 2.26. The van der Waals surface area contributed by atoms with Crippen LogP contribution in [0, 0.1) is 6.92 Å². The first kappa shape index (κ1) is 15.6. The van der Waals surface area contributed by atoms with E-state index in [1.807, 2.05) is 0 Å². The van der Waals surface area contributed by atoms with E-state index in [9.17, 15) is 0 Å². The monoisotopic (exact) mass is 286 g/mol. The normalized spacial score (nSPS) is 11.7. The molecule has 0 fully saturated rings. The summed E-state index contributed by atoms with van der Waals surface area (Å²) in [5.74, 6) is 1.02. The van der Waals surface area contributed by atoms with Gasteiger partial charge in [-0.2, -0.15) is 0 Å². The van der Waals surface area contributed by atoms with Crippen molar-refractivity contribution in [3.8, 4) is 0 Å². The van der Waals surface area contributed by atoms with Gasteiger partial charge in [0.15, 0.2) is 0 Å². The van der Waals surface area contributed by atoms with Crippen molar-refractivity contribution >= 4 is 5.69 Å². The van der Waals surface area contributed by atoms with Gasteiger partial charge in [0.05, 0.1) is 12.8 Å². The van der Waals surface area contributed by atoms with Crippen LogP contribution in [0.2, 0.25) is 0 Å². The van der Waals surface area contributed by atoms with Crippen LogP contribution in [0.5, 0.6) is 0 Å². The molecule has 1 heterocycles. The molecule has 1 aromatic heterocycles. The fraction of sp³-hybridized carbons (Fsp3) is 0.444. The van der Waals surface area contributed by atoms with Crippen LogP contribution in [0.1, 0.15) is 37.7 Å². The number of rotatable bonds is 5. The fourth-order valence-corrected chi connectivity index (χ4v) is 2.34. The molecule has 1 aromatic carbocycles. The first-order valence-electron chi connectivity index (χ1n) is 7.44. The molecule has 0 unspecified atom stereocenters. The second-order valence-electron chi connectivity index (χ2n) is 6.62. The Kier molecular flexibility index (Phi) is 4.73. The Hall–Kier alpha value is -1.74. The van der Waals surface area contributed by atoms with Gasteiger partial charge in [-0.15, -0.1) is 0 Å². The molecule has 1 N–H and O–H groups in total. The zero-order valence-corrected chi connectivity index (χ0v) is 13.7. The molecule has 0 saturated carbocycles. The highest BCUT2D eigenvalue weighted by molar-refractivity contribution is 5.52. The van der Waals surface area contributed by atoms with Gasteiger partial charge in [0.1, 0.15) is 5.76 Å². The third kappa shape index (κ3) is 4.36. The van der Waals surface area contributed by atoms with E-state index in [2.05, 4.69) is 75.3 Å². The maximum atomic E-state index is 5.64. The molecule has 0 aliphatic heterocycles. The third-order valence-corrected chi connectivity index (χ3v) is 3.55. The number of benzene rings is 1. The largest absolute Gasteiger partial charge is 0.468 e. The van der Waals surface area contributed by atoms with Crippen LogP contribution in [0.3, 0.4) is 0 Å². The zero-order valence-electron chi connectivity index (χ0n) is 13.7. The average Bonchev–Trinajstić information content (AvgIpc) is 2.83. The Bertz CT molecular complexity index is 581. The van der Waals surface area contributed by atoms with Crippen molar-refractivity contribution in [3.05, 3.63) is 53.5 Å². The van der Waals surface area contributed by atoms with Crippen molar-refractivity contribution in [2.24, 2.45) is 0 Å². The minimum Gasteiger partial charge on any atom is -0.468 e. The molecule has 2 aromatic rings. The highest BCUT2D eigenvalue weighted by atomic mass is 16.3. The second-order valence-corrected chi connectivity index (χ2v) is 6.62. The Morgan fingerprint density at radius 3 is 2.52 bits per heavy atom. The van der Waals surface area contributed by atoms with Crippen LogP contribution in [-0.2, 0) is 13.1 Å². The fourth-order valence-electron chi connectivity index (χ4n) is 2.34. The van der Waals surface area contributed by atoms with Crippen molar-refractivity contribution in [2.75, 3.05) is 11.9 Å². The maximum absolute atomic E-state index is 5.64. The van der Waals surface area contributed by atoms with Crippen molar-refractivity contribution in [3.63, 3.8) is 0 Å². The van der Waals surface area contributed by atoms with Crippen molar-refractivity contribution < 1.29 is 4.42 Å². The van der Waals surface area contributed by atoms with Crippen molar-refractivity contribution in [2.45, 2.75) is 46.3 Å². The van der Waals surface area contributed by atoms with Crippen LogP contribution in [0.25, 0.3) is 0 Å². The summed E-state index contributed by atoms with van der Waals surface area (Å²) < 4.78 is 5.64. The lowest BCUT2D eigenvalue weighted by Gasteiger charge is -2.23. The summed E-state index contributed by atoms with van der Waals surface area (Å²) in [5, 5.41) is 3.48. The lowest BCUT2D eigenvalue weighted by molar-refractivity contribution is 0.386. The number of anilines is 1. The van der Waals surface area contributed by atoms with Crippen LogP contribution < -0.4 is 10.2 Å². The Morgan fingerprint density at radius 1 is 1.14 bits per heavy atom. The van der Waals surface area contributed by atoms with E-state index in [4.69, 9.17) is 4.42 Å². The molecule has 114 valence electrons. The molecule has 0 aliphatic rings. The Labute approximate surface area is 128 Å². The minimum atomic E-state index is 0.0893. The average molecular weight is 286 g/mol. The molecular formula is C18H26N2O. The van der Waals surface area contributed by atoms with Gasteiger partial charge in [0.2, 0.25) is 0 Å². The highest BCUT2D eigenvalue weighted by Crippen LogP contribution is 2.22. The predicted octanol–water partition coefficient (Wildman–Crippen LogP) is 4.11. The Morgan fingerprint density at radius 2 is 1.86 bits per heavy atom. The van der Waals surface area contributed by atoms with E-state index in [1.54, 1.807) is 6.26 Å². The SMILES string of the molecule is Cc1ccccc1N(C)Cc1ccoc1CNC(C)(C)C. The lowest BCUT2D eigenvalue weighted by Crippen LogP contribution is -2.35. The van der Waals surface area contributed by atoms with E-state index >= 15 is 0 Å². The minimum absolute atomic E-state index is 0.0893. The molecule has 0 bridgehead atoms. The number of nitrogens with zero attached hydrogens (tertiary/aromatic N) is 1. The molecule has 2 rings (SSSR count). The van der Waals surface area contributed by atoms with E-state index in [0.29, 0.717) is 0 Å². The van der Waals surface area contributed by atoms with Crippen LogP contribution in [-0.4, -0.2) is 12.6 Å². The number of furan rings is 1. The van der Waals surface area contributed by atoms with Gasteiger partial charge in [-0.1, -0.05) is 18.2 Å². The molecule has 3 nitrogen and oxygen atoms in total. The van der Waals surface area contributed by atoms with Gasteiger partial charge < -0.3 is 14.6 Å². The third-order valence-electron chi connectivity index (χ3n) is 3.55. The second kappa shape index (κ2) is 6.35. The van der Waals surface area contributed by atoms with E-state index in [0.717, 1.165) is 18.8 Å². The van der Waals surface area contributed by atoms with E-state index < -0.39 is 0 Å². The number of para-hydroxylation sites is 1. The maximum Gasteiger partial charge on any atom is 0.122 e. The molecule has 0 amide bonds. The first-order valence-corrected chi connectivity index (χ1v) is 7.44. The number of aryl methyl sites for hydroxylation is 1. The molecule has 0 atom stereocenters. The molecule has 3 heteroatoms. The topological polar surface area (TPSA) is 28.4 Å². The van der Waals surface area contributed by atoms with Crippen LogP contribution >= 0.6 is 0 Å². The lowest BCUT2D eigenvalue weighted by atomic mass is 10.1. The molecule has 0 radical (unpaired) electrons. The molecule has 0 spiro atoms. The summed E-state index contributed by atoms with van der Waals surface area (Å²) in [5.41, 5.74) is 3.87. The van der Waals surface area contributed by atoms with Gasteiger partial charge in [0, 0.05) is 30.4 Å². The van der Waals surface area contributed by atoms with E-state index in [1.165, 1.54) is 16.8 Å². The van der Waals surface area contributed by atoms with Gasteiger partial charge in [-0.3, -0.25) is 0 Å². The highest BCUT2D eigenvalue weighted by Gasteiger charge is 2.14. The number of hydrogen-bond donors (Lipinski definition) is 1. The number of hydrogen-bond acceptors (Lipinski definition) is 3. The van der Waals surface area contributed by atoms with Crippen molar-refractivity contribution in [1.82, 2.24) is 5.32 Å². The molecule has 0 saturated heterocycles. The molecule has 21 heavy (non-hydrogen) atoms.